The van der Waals surface area contributed by atoms with Crippen LogP contribution in [-0.2, 0) is 9.63 Å². The fourth-order valence-corrected chi connectivity index (χ4v) is 4.00. The number of carbonyl (C=O) groups excluding carboxylic acids is 2. The number of hydroxylamine groups is 1. The molecule has 0 fully saturated rings. The second-order valence-corrected chi connectivity index (χ2v) is 8.35. The highest BCUT2D eigenvalue weighted by Gasteiger charge is 2.49. The molecule has 0 aliphatic carbocycles. The Bertz CT molecular complexity index is 1290. The highest BCUT2D eigenvalue weighted by Crippen LogP contribution is 2.41. The van der Waals surface area contributed by atoms with E-state index >= 15 is 0 Å². The Kier molecular flexibility index (Phi) is 5.51. The number of primary amides is 1. The van der Waals surface area contributed by atoms with Crippen LogP contribution in [0.1, 0.15) is 54.6 Å². The third-order valence-corrected chi connectivity index (χ3v) is 6.00. The minimum Gasteiger partial charge on any atom is -0.508 e. The van der Waals surface area contributed by atoms with Crippen LogP contribution in [-0.4, -0.2) is 32.6 Å². The molecular weight excluding hydrogens is 424 g/mol. The lowest BCUT2D eigenvalue weighted by atomic mass is 9.89. The first-order valence-corrected chi connectivity index (χ1v) is 10.6. The number of amides is 2. The number of aromatic nitrogens is 1. The highest BCUT2D eigenvalue weighted by atomic mass is 16.7. The zero-order chi connectivity index (χ0) is 23.9. The number of H-pyrrole nitrogens is 1. The lowest BCUT2D eigenvalue weighted by molar-refractivity contribution is -0.125. The molecule has 1 aromatic heterocycles. The van der Waals surface area contributed by atoms with Gasteiger partial charge < -0.3 is 31.1 Å². The monoisotopic (exact) mass is 450 g/mol. The van der Waals surface area contributed by atoms with Crippen molar-refractivity contribution < 1.29 is 24.6 Å². The molecule has 2 amide bonds. The Balaban J connectivity index is 1.85. The van der Waals surface area contributed by atoms with Gasteiger partial charge in [-0.05, 0) is 47.6 Å². The van der Waals surface area contributed by atoms with Gasteiger partial charge in [-0.1, -0.05) is 26.8 Å². The quantitative estimate of drug-likeness (QED) is 0.340. The Labute approximate surface area is 190 Å². The molecule has 33 heavy (non-hydrogen) atoms. The van der Waals surface area contributed by atoms with Crippen LogP contribution in [0.15, 0.2) is 48.3 Å². The van der Waals surface area contributed by atoms with Gasteiger partial charge in [-0.3, -0.25) is 9.59 Å². The van der Waals surface area contributed by atoms with E-state index in [-0.39, 0.29) is 40.9 Å². The first-order chi connectivity index (χ1) is 15.7. The second kappa shape index (κ2) is 8.18. The maximum Gasteiger partial charge on any atom is 0.255 e. The number of rotatable bonds is 6. The number of benzene rings is 2. The molecule has 0 bridgehead atoms. The normalized spacial score (nSPS) is 18.1. The van der Waals surface area contributed by atoms with Crippen LogP contribution in [0, 0.1) is 0 Å². The number of aromatic hydroxyl groups is 2. The second-order valence-electron chi connectivity index (χ2n) is 8.35. The summed E-state index contributed by atoms with van der Waals surface area (Å²) in [5.74, 6) is -1.59. The molecule has 2 aromatic carbocycles. The molecule has 0 saturated heterocycles. The van der Waals surface area contributed by atoms with Crippen molar-refractivity contribution in [3.63, 3.8) is 0 Å². The summed E-state index contributed by atoms with van der Waals surface area (Å²) >= 11 is 0. The first kappa shape index (κ1) is 22.2. The minimum absolute atomic E-state index is 0.0457. The van der Waals surface area contributed by atoms with Gasteiger partial charge in [0.1, 0.15) is 11.5 Å². The van der Waals surface area contributed by atoms with Gasteiger partial charge in [0.25, 0.3) is 5.91 Å². The highest BCUT2D eigenvalue weighted by molar-refractivity contribution is 6.02. The number of nitrogens with one attached hydrogen (secondary N) is 3. The van der Waals surface area contributed by atoms with E-state index in [9.17, 15) is 19.8 Å². The van der Waals surface area contributed by atoms with Gasteiger partial charge in [0, 0.05) is 23.3 Å². The number of aromatic amines is 1. The van der Waals surface area contributed by atoms with Crippen molar-refractivity contribution in [2.75, 3.05) is 0 Å². The third-order valence-electron chi connectivity index (χ3n) is 6.00. The number of phenols is 2. The summed E-state index contributed by atoms with van der Waals surface area (Å²) in [7, 11) is 0. The zero-order valence-electron chi connectivity index (χ0n) is 18.5. The molecule has 1 aliphatic heterocycles. The lowest BCUT2D eigenvalue weighted by Crippen LogP contribution is -2.56. The third kappa shape index (κ3) is 3.66. The van der Waals surface area contributed by atoms with Gasteiger partial charge in [-0.15, -0.1) is 5.48 Å². The number of hydrogen-bond donors (Lipinski definition) is 6. The molecule has 1 aliphatic rings. The Morgan fingerprint density at radius 1 is 1.15 bits per heavy atom. The summed E-state index contributed by atoms with van der Waals surface area (Å²) in [5.41, 5.74) is 8.84. The molecule has 3 aromatic rings. The van der Waals surface area contributed by atoms with Crippen molar-refractivity contribution in [2.45, 2.75) is 38.6 Å². The minimum atomic E-state index is -1.52. The van der Waals surface area contributed by atoms with E-state index in [2.05, 4.69) is 15.8 Å². The van der Waals surface area contributed by atoms with Gasteiger partial charge >= 0.3 is 0 Å². The fraction of sp³-hybridized carbons (Fsp3) is 0.250. The summed E-state index contributed by atoms with van der Waals surface area (Å²) in [5, 5.41) is 24.5. The first-order valence-electron chi connectivity index (χ1n) is 10.6. The standard InChI is InChI=1S/C24H26N4O5/c1-4-24(23(25)32)21(27-22(31)14-6-5-13-7-8-26-17(13)9-14)20(33-28-24)16-10-15(12(2)3)18(29)11-19(16)30/h5-12,26,28-30H,4H2,1-3H3,(H2,25,32)(H,27,31). The lowest BCUT2D eigenvalue weighted by Gasteiger charge is -2.25. The molecular formula is C24H26N4O5. The topological polar surface area (TPSA) is 150 Å². The molecule has 2 heterocycles. The van der Waals surface area contributed by atoms with Crippen LogP contribution in [0.25, 0.3) is 16.7 Å². The Morgan fingerprint density at radius 2 is 1.91 bits per heavy atom. The number of hydrogen-bond acceptors (Lipinski definition) is 6. The van der Waals surface area contributed by atoms with Gasteiger partial charge in [0.05, 0.1) is 11.3 Å². The summed E-state index contributed by atoms with van der Waals surface area (Å²) < 4.78 is 0. The van der Waals surface area contributed by atoms with Gasteiger partial charge in [-0.2, -0.15) is 0 Å². The molecule has 172 valence electrons. The molecule has 0 spiro atoms. The van der Waals surface area contributed by atoms with Gasteiger partial charge in [0.2, 0.25) is 5.91 Å². The van der Waals surface area contributed by atoms with Crippen LogP contribution in [0.4, 0.5) is 0 Å². The molecule has 0 saturated carbocycles. The number of nitrogens with two attached hydrogens (primary N) is 1. The predicted molar refractivity (Wildman–Crippen MR) is 123 cm³/mol. The fourth-order valence-electron chi connectivity index (χ4n) is 4.00. The van der Waals surface area contributed by atoms with Crippen molar-refractivity contribution >= 4 is 28.5 Å². The van der Waals surface area contributed by atoms with E-state index in [1.165, 1.54) is 6.07 Å². The van der Waals surface area contributed by atoms with Gasteiger partial charge in [0.15, 0.2) is 11.3 Å². The van der Waals surface area contributed by atoms with Crippen molar-refractivity contribution in [3.05, 3.63) is 65.0 Å². The van der Waals surface area contributed by atoms with Crippen molar-refractivity contribution in [1.29, 1.82) is 0 Å². The van der Waals surface area contributed by atoms with Gasteiger partial charge in [-0.25, -0.2) is 0 Å². The van der Waals surface area contributed by atoms with E-state index in [1.54, 1.807) is 37.4 Å². The Morgan fingerprint density at radius 3 is 2.58 bits per heavy atom. The molecule has 1 unspecified atom stereocenters. The zero-order valence-corrected chi connectivity index (χ0v) is 18.5. The molecule has 9 heteroatoms. The number of fused-ring (bicyclic) bond motifs is 1. The predicted octanol–water partition coefficient (Wildman–Crippen LogP) is 2.97. The van der Waals surface area contributed by atoms with E-state index in [1.807, 2.05) is 19.9 Å². The molecule has 9 nitrogen and oxygen atoms in total. The summed E-state index contributed by atoms with van der Waals surface area (Å²) in [4.78, 5) is 34.4. The summed E-state index contributed by atoms with van der Waals surface area (Å²) in [6.45, 7) is 5.49. The average molecular weight is 450 g/mol. The number of phenolic OH excluding ortho intramolecular Hbond substituents is 2. The molecule has 1 atom stereocenters. The smallest absolute Gasteiger partial charge is 0.255 e. The van der Waals surface area contributed by atoms with Crippen LogP contribution >= 0.6 is 0 Å². The SMILES string of the molecule is CCC1(C(N)=O)NOC(c2cc(C(C)C)c(O)cc2O)=C1NC(=O)c1ccc2cc[nH]c2c1. The average Bonchev–Trinajstić information content (AvgIpc) is 3.38. The molecule has 4 rings (SSSR count). The van der Waals surface area contributed by atoms with E-state index in [0.717, 1.165) is 10.9 Å². The van der Waals surface area contributed by atoms with E-state index in [4.69, 9.17) is 10.6 Å². The van der Waals surface area contributed by atoms with E-state index in [0.29, 0.717) is 11.1 Å². The molecule has 7 N–H and O–H groups in total. The Hall–Kier alpha value is -3.98. The van der Waals surface area contributed by atoms with Crippen molar-refractivity contribution in [1.82, 2.24) is 15.8 Å². The van der Waals surface area contributed by atoms with Crippen LogP contribution in [0.5, 0.6) is 11.5 Å². The maximum atomic E-state index is 13.2. The van der Waals surface area contributed by atoms with Crippen LogP contribution in [0.2, 0.25) is 0 Å². The number of carbonyl (C=O) groups is 2. The van der Waals surface area contributed by atoms with E-state index < -0.39 is 17.4 Å². The van der Waals surface area contributed by atoms with Crippen molar-refractivity contribution in [2.24, 2.45) is 5.73 Å². The van der Waals surface area contributed by atoms with Crippen molar-refractivity contribution in [3.8, 4) is 11.5 Å². The van der Waals surface area contributed by atoms with Crippen LogP contribution < -0.4 is 16.5 Å². The van der Waals surface area contributed by atoms with Crippen LogP contribution in [0.3, 0.4) is 0 Å². The molecule has 0 radical (unpaired) electrons. The maximum absolute atomic E-state index is 13.2. The summed E-state index contributed by atoms with van der Waals surface area (Å²) in [6, 6.07) is 9.83. The summed E-state index contributed by atoms with van der Waals surface area (Å²) in [6.07, 6.45) is 1.95. The largest absolute Gasteiger partial charge is 0.508 e.